The van der Waals surface area contributed by atoms with Crippen LogP contribution in [0.2, 0.25) is 0 Å². The first-order valence-corrected chi connectivity index (χ1v) is 7.74. The highest BCUT2D eigenvalue weighted by Gasteiger charge is 2.24. The van der Waals surface area contributed by atoms with E-state index in [1.165, 1.54) is 0 Å². The van der Waals surface area contributed by atoms with Crippen molar-refractivity contribution in [2.75, 3.05) is 19.8 Å². The summed E-state index contributed by atoms with van der Waals surface area (Å²) in [5, 5.41) is 0. The van der Waals surface area contributed by atoms with Crippen LogP contribution < -0.4 is 4.74 Å². The van der Waals surface area contributed by atoms with Gasteiger partial charge in [0, 0.05) is 6.42 Å². The second-order valence-corrected chi connectivity index (χ2v) is 5.54. The van der Waals surface area contributed by atoms with Crippen LogP contribution in [0.5, 0.6) is 5.75 Å². The zero-order valence-corrected chi connectivity index (χ0v) is 13.4. The second-order valence-electron chi connectivity index (χ2n) is 5.54. The van der Waals surface area contributed by atoms with Crippen molar-refractivity contribution in [3.63, 3.8) is 0 Å². The summed E-state index contributed by atoms with van der Waals surface area (Å²) < 4.78 is 21.5. The van der Waals surface area contributed by atoms with Gasteiger partial charge in [-0.3, -0.25) is 0 Å². The lowest BCUT2D eigenvalue weighted by Crippen LogP contribution is -2.31. The largest absolute Gasteiger partial charge is 0.491 e. The minimum Gasteiger partial charge on any atom is -0.491 e. The Balaban J connectivity index is 1.97. The molecule has 0 amide bonds. The van der Waals surface area contributed by atoms with Gasteiger partial charge in [0.25, 0.3) is 0 Å². The Morgan fingerprint density at radius 1 is 1.41 bits per heavy atom. The van der Waals surface area contributed by atoms with Crippen molar-refractivity contribution >= 4 is 5.97 Å². The molecule has 22 heavy (non-hydrogen) atoms. The maximum absolute atomic E-state index is 12.0. The lowest BCUT2D eigenvalue weighted by atomic mass is 10.1. The van der Waals surface area contributed by atoms with Crippen molar-refractivity contribution in [2.45, 2.75) is 45.5 Å². The average molecular weight is 308 g/mol. The minimum absolute atomic E-state index is 0.0409. The number of carbonyl (C=O) groups excluding carboxylic acids is 1. The minimum atomic E-state index is -0.595. The molecule has 1 aromatic carbocycles. The zero-order chi connectivity index (χ0) is 15.9. The lowest BCUT2D eigenvalue weighted by molar-refractivity contribution is -0.159. The third-order valence-corrected chi connectivity index (χ3v) is 3.14. The van der Waals surface area contributed by atoms with E-state index < -0.39 is 6.10 Å². The molecule has 0 aliphatic carbocycles. The van der Waals surface area contributed by atoms with Gasteiger partial charge in [-0.05, 0) is 38.5 Å². The van der Waals surface area contributed by atoms with Gasteiger partial charge in [-0.2, -0.15) is 0 Å². The maximum atomic E-state index is 12.0. The Hall–Kier alpha value is -1.59. The molecule has 0 aromatic heterocycles. The van der Waals surface area contributed by atoms with E-state index in [1.54, 1.807) is 6.92 Å². The van der Waals surface area contributed by atoms with Gasteiger partial charge in [0.1, 0.15) is 18.5 Å². The number of esters is 1. The summed E-state index contributed by atoms with van der Waals surface area (Å²) in [7, 11) is 0. The van der Waals surface area contributed by atoms with Crippen molar-refractivity contribution in [3.05, 3.63) is 29.8 Å². The molecule has 1 aromatic rings. The Kier molecular flexibility index (Phi) is 6.21. The summed E-state index contributed by atoms with van der Waals surface area (Å²) in [6.07, 6.45) is 0.0525. The molecular weight excluding hydrogens is 284 g/mol. The standard InChI is InChI=1S/C17H24O5/c1-4-19-17(18)16(22-12(2)3)9-13-6-5-7-14(8-13)20-10-15-11-21-15/h5-8,12,15-16H,4,9-11H2,1-3H3/t15?,16-/m0/s1. The number of hydrogen-bond acceptors (Lipinski definition) is 5. The molecule has 1 aliphatic rings. The molecule has 122 valence electrons. The quantitative estimate of drug-likeness (QED) is 0.518. The van der Waals surface area contributed by atoms with Crippen LogP contribution in [0.4, 0.5) is 0 Å². The molecular formula is C17H24O5. The van der Waals surface area contributed by atoms with Crippen LogP contribution in [0.3, 0.4) is 0 Å². The molecule has 2 atom stereocenters. The Bertz CT molecular complexity index is 482. The molecule has 1 saturated heterocycles. The monoisotopic (exact) mass is 308 g/mol. The number of benzene rings is 1. The van der Waals surface area contributed by atoms with E-state index in [0.29, 0.717) is 19.6 Å². The Labute approximate surface area is 131 Å². The highest BCUT2D eigenvalue weighted by atomic mass is 16.6. The van der Waals surface area contributed by atoms with Crippen LogP contribution in [-0.2, 0) is 25.4 Å². The fourth-order valence-corrected chi connectivity index (χ4v) is 2.08. The summed E-state index contributed by atoms with van der Waals surface area (Å²) in [6, 6.07) is 7.69. The van der Waals surface area contributed by atoms with E-state index in [1.807, 2.05) is 38.1 Å². The normalized spacial score (nSPS) is 18.1. The van der Waals surface area contributed by atoms with Crippen molar-refractivity contribution < 1.29 is 23.7 Å². The summed E-state index contributed by atoms with van der Waals surface area (Å²) >= 11 is 0. The summed E-state index contributed by atoms with van der Waals surface area (Å²) in [5.74, 6) is 0.453. The summed E-state index contributed by atoms with van der Waals surface area (Å²) in [5.41, 5.74) is 0.980. The predicted molar refractivity (Wildman–Crippen MR) is 82.0 cm³/mol. The first-order valence-electron chi connectivity index (χ1n) is 7.74. The second kappa shape index (κ2) is 8.15. The van der Waals surface area contributed by atoms with Crippen LogP contribution in [0.15, 0.2) is 24.3 Å². The van der Waals surface area contributed by atoms with E-state index in [4.69, 9.17) is 18.9 Å². The first-order chi connectivity index (χ1) is 10.6. The van der Waals surface area contributed by atoms with Gasteiger partial charge in [-0.25, -0.2) is 4.79 Å². The fraction of sp³-hybridized carbons (Fsp3) is 0.588. The predicted octanol–water partition coefficient (Wildman–Crippen LogP) is 2.36. The first kappa shape index (κ1) is 16.8. The van der Waals surface area contributed by atoms with Gasteiger partial charge >= 0.3 is 5.97 Å². The molecule has 1 fully saturated rings. The zero-order valence-electron chi connectivity index (χ0n) is 13.4. The van der Waals surface area contributed by atoms with E-state index in [0.717, 1.165) is 17.9 Å². The molecule has 0 saturated carbocycles. The van der Waals surface area contributed by atoms with E-state index in [2.05, 4.69) is 0 Å². The Morgan fingerprint density at radius 2 is 2.18 bits per heavy atom. The lowest BCUT2D eigenvalue weighted by Gasteiger charge is -2.19. The molecule has 0 radical (unpaired) electrons. The molecule has 0 bridgehead atoms. The van der Waals surface area contributed by atoms with Crippen LogP contribution in [0.25, 0.3) is 0 Å². The van der Waals surface area contributed by atoms with Crippen LogP contribution in [-0.4, -0.2) is 44.1 Å². The van der Waals surface area contributed by atoms with Gasteiger partial charge in [0.2, 0.25) is 0 Å². The highest BCUT2D eigenvalue weighted by Crippen LogP contribution is 2.19. The van der Waals surface area contributed by atoms with Crippen molar-refractivity contribution in [1.29, 1.82) is 0 Å². The molecule has 5 heteroatoms. The third kappa shape index (κ3) is 5.66. The number of ether oxygens (including phenoxy) is 4. The topological polar surface area (TPSA) is 57.3 Å². The number of epoxide rings is 1. The fourth-order valence-electron chi connectivity index (χ4n) is 2.08. The van der Waals surface area contributed by atoms with Gasteiger partial charge in [0.05, 0.1) is 19.3 Å². The third-order valence-electron chi connectivity index (χ3n) is 3.14. The molecule has 0 spiro atoms. The number of hydrogen-bond donors (Lipinski definition) is 0. The van der Waals surface area contributed by atoms with Crippen LogP contribution in [0.1, 0.15) is 26.3 Å². The maximum Gasteiger partial charge on any atom is 0.335 e. The van der Waals surface area contributed by atoms with Gasteiger partial charge in [0.15, 0.2) is 6.10 Å². The van der Waals surface area contributed by atoms with Crippen LogP contribution >= 0.6 is 0 Å². The van der Waals surface area contributed by atoms with E-state index in [9.17, 15) is 4.79 Å². The molecule has 0 N–H and O–H groups in total. The van der Waals surface area contributed by atoms with Crippen molar-refractivity contribution in [3.8, 4) is 5.75 Å². The molecule has 2 rings (SSSR count). The van der Waals surface area contributed by atoms with Gasteiger partial charge in [-0.1, -0.05) is 12.1 Å². The number of carbonyl (C=O) groups is 1. The van der Waals surface area contributed by atoms with Gasteiger partial charge < -0.3 is 18.9 Å². The Morgan fingerprint density at radius 3 is 2.82 bits per heavy atom. The molecule has 1 unspecified atom stereocenters. The molecule has 5 nitrogen and oxygen atoms in total. The van der Waals surface area contributed by atoms with Crippen molar-refractivity contribution in [1.82, 2.24) is 0 Å². The van der Waals surface area contributed by atoms with E-state index >= 15 is 0 Å². The smallest absolute Gasteiger partial charge is 0.335 e. The molecule has 1 heterocycles. The number of rotatable bonds is 9. The van der Waals surface area contributed by atoms with Gasteiger partial charge in [-0.15, -0.1) is 0 Å². The summed E-state index contributed by atoms with van der Waals surface area (Å²) in [4.78, 5) is 12.0. The van der Waals surface area contributed by atoms with E-state index in [-0.39, 0.29) is 18.2 Å². The SMILES string of the molecule is CCOC(=O)[C@H](Cc1cccc(OCC2CO2)c1)OC(C)C. The van der Waals surface area contributed by atoms with Crippen molar-refractivity contribution in [2.24, 2.45) is 0 Å². The molecule has 1 aliphatic heterocycles. The van der Waals surface area contributed by atoms with Crippen LogP contribution in [0, 0.1) is 0 Å². The average Bonchev–Trinajstić information content (AvgIpc) is 3.29. The summed E-state index contributed by atoms with van der Waals surface area (Å²) in [6.45, 7) is 7.28. The highest BCUT2D eigenvalue weighted by molar-refractivity contribution is 5.75.